The predicted octanol–water partition coefficient (Wildman–Crippen LogP) is 4.64. The molecule has 0 spiro atoms. The zero-order valence-electron chi connectivity index (χ0n) is 9.87. The van der Waals surface area contributed by atoms with Gasteiger partial charge in [0.2, 0.25) is 0 Å². The van der Waals surface area contributed by atoms with Crippen molar-refractivity contribution in [3.05, 3.63) is 55.9 Å². The van der Waals surface area contributed by atoms with Gasteiger partial charge in [-0.3, -0.25) is 4.79 Å². The van der Waals surface area contributed by atoms with Gasteiger partial charge in [-0.2, -0.15) is 0 Å². The van der Waals surface area contributed by atoms with Gasteiger partial charge in [-0.05, 0) is 52.7 Å². The van der Waals surface area contributed by atoms with E-state index < -0.39 is 0 Å². The molecule has 18 heavy (non-hydrogen) atoms. The van der Waals surface area contributed by atoms with Crippen LogP contribution in [0, 0.1) is 5.82 Å². The van der Waals surface area contributed by atoms with Crippen molar-refractivity contribution < 1.29 is 9.18 Å². The predicted molar refractivity (Wildman–Crippen MR) is 75.8 cm³/mol. The van der Waals surface area contributed by atoms with Crippen LogP contribution in [0.2, 0.25) is 0 Å². The summed E-state index contributed by atoms with van der Waals surface area (Å²) in [7, 11) is 0. The minimum atomic E-state index is -0.351. The molecule has 4 heteroatoms. The Balaban J connectivity index is 2.14. The average molecular weight is 327 g/mol. The van der Waals surface area contributed by atoms with Crippen molar-refractivity contribution in [3.8, 4) is 0 Å². The van der Waals surface area contributed by atoms with Crippen LogP contribution in [0.5, 0.6) is 0 Å². The Kier molecular flexibility index (Phi) is 4.30. The molecule has 2 rings (SSSR count). The number of ketones is 1. The zero-order chi connectivity index (χ0) is 13.1. The van der Waals surface area contributed by atoms with Crippen LogP contribution >= 0.6 is 27.3 Å². The number of Topliss-reactive ketones (excluding diaryl/α,β-unsaturated/α-hetero) is 1. The lowest BCUT2D eigenvalue weighted by Gasteiger charge is -2.01. The van der Waals surface area contributed by atoms with Gasteiger partial charge in [0.1, 0.15) is 5.82 Å². The average Bonchev–Trinajstić information content (AvgIpc) is 2.80. The molecule has 1 aromatic heterocycles. The normalized spacial score (nSPS) is 10.6. The Morgan fingerprint density at radius 1 is 1.28 bits per heavy atom. The van der Waals surface area contributed by atoms with Gasteiger partial charge >= 0.3 is 0 Å². The van der Waals surface area contributed by atoms with Gasteiger partial charge in [-0.1, -0.05) is 6.92 Å². The molecule has 0 atom stereocenters. The number of aryl methyl sites for hydroxylation is 1. The maximum atomic E-state index is 13.1. The second-order valence-corrected chi connectivity index (χ2v) is 6.06. The van der Waals surface area contributed by atoms with Crippen LogP contribution in [0.3, 0.4) is 0 Å². The topological polar surface area (TPSA) is 17.1 Å². The van der Waals surface area contributed by atoms with Gasteiger partial charge in [-0.25, -0.2) is 4.39 Å². The quantitative estimate of drug-likeness (QED) is 0.748. The third-order valence-electron chi connectivity index (χ3n) is 2.64. The standard InChI is InChI=1S/C14H12BrFOS/c1-2-10-4-5-11(18-10)8-14(17)9-3-6-13(16)12(15)7-9/h3-7H,2,8H2,1H3. The van der Waals surface area contributed by atoms with Crippen molar-refractivity contribution in [3.63, 3.8) is 0 Å². The van der Waals surface area contributed by atoms with Crippen molar-refractivity contribution in [2.45, 2.75) is 19.8 Å². The van der Waals surface area contributed by atoms with Crippen LogP contribution in [0.1, 0.15) is 27.0 Å². The first-order chi connectivity index (χ1) is 8.60. The SMILES string of the molecule is CCc1ccc(CC(=O)c2ccc(F)c(Br)c2)s1. The van der Waals surface area contributed by atoms with E-state index in [1.165, 1.54) is 23.1 Å². The van der Waals surface area contributed by atoms with E-state index in [1.807, 2.05) is 12.1 Å². The van der Waals surface area contributed by atoms with Crippen molar-refractivity contribution in [1.29, 1.82) is 0 Å². The number of carbonyl (C=O) groups excluding carboxylic acids is 1. The number of hydrogen-bond donors (Lipinski definition) is 0. The van der Waals surface area contributed by atoms with Crippen molar-refractivity contribution >= 4 is 33.0 Å². The Bertz CT molecular complexity index is 577. The van der Waals surface area contributed by atoms with Crippen molar-refractivity contribution in [2.24, 2.45) is 0 Å². The molecule has 94 valence electrons. The van der Waals surface area contributed by atoms with E-state index in [2.05, 4.69) is 22.9 Å². The second-order valence-electron chi connectivity index (χ2n) is 3.95. The fourth-order valence-electron chi connectivity index (χ4n) is 1.64. The lowest BCUT2D eigenvalue weighted by atomic mass is 10.1. The molecule has 0 N–H and O–H groups in total. The molecule has 0 aliphatic heterocycles. The molecular weight excluding hydrogens is 315 g/mol. The minimum Gasteiger partial charge on any atom is -0.294 e. The molecule has 0 radical (unpaired) electrons. The summed E-state index contributed by atoms with van der Waals surface area (Å²) in [5.41, 5.74) is 0.537. The maximum Gasteiger partial charge on any atom is 0.168 e. The Morgan fingerprint density at radius 2 is 2.00 bits per heavy atom. The smallest absolute Gasteiger partial charge is 0.168 e. The Morgan fingerprint density at radius 3 is 2.61 bits per heavy atom. The van der Waals surface area contributed by atoms with E-state index in [0.29, 0.717) is 16.5 Å². The summed E-state index contributed by atoms with van der Waals surface area (Å²) < 4.78 is 13.4. The van der Waals surface area contributed by atoms with Gasteiger partial charge in [0.25, 0.3) is 0 Å². The van der Waals surface area contributed by atoms with Crippen molar-refractivity contribution in [2.75, 3.05) is 0 Å². The maximum absolute atomic E-state index is 13.1. The molecule has 0 saturated heterocycles. The first kappa shape index (κ1) is 13.4. The fraction of sp³-hybridized carbons (Fsp3) is 0.214. The lowest BCUT2D eigenvalue weighted by molar-refractivity contribution is 0.0993. The van der Waals surface area contributed by atoms with Gasteiger partial charge in [-0.15, -0.1) is 11.3 Å². The van der Waals surface area contributed by atoms with E-state index in [9.17, 15) is 9.18 Å². The van der Waals surface area contributed by atoms with E-state index in [1.54, 1.807) is 11.3 Å². The highest BCUT2D eigenvalue weighted by molar-refractivity contribution is 9.10. The zero-order valence-corrected chi connectivity index (χ0v) is 12.3. The highest BCUT2D eigenvalue weighted by atomic mass is 79.9. The summed E-state index contributed by atoms with van der Waals surface area (Å²) in [4.78, 5) is 14.4. The van der Waals surface area contributed by atoms with E-state index in [-0.39, 0.29) is 11.6 Å². The van der Waals surface area contributed by atoms with Gasteiger partial charge < -0.3 is 0 Å². The number of hydrogen-bond acceptors (Lipinski definition) is 2. The first-order valence-electron chi connectivity index (χ1n) is 5.66. The van der Waals surface area contributed by atoms with Crippen molar-refractivity contribution in [1.82, 2.24) is 0 Å². The van der Waals surface area contributed by atoms with E-state index in [0.717, 1.165) is 11.3 Å². The molecule has 1 heterocycles. The summed E-state index contributed by atoms with van der Waals surface area (Å²) in [6.45, 7) is 2.09. The Labute approximate surface area is 118 Å². The highest BCUT2D eigenvalue weighted by Crippen LogP contribution is 2.21. The van der Waals surface area contributed by atoms with Gasteiger partial charge in [0.15, 0.2) is 5.78 Å². The van der Waals surface area contributed by atoms with E-state index >= 15 is 0 Å². The second kappa shape index (κ2) is 5.76. The monoisotopic (exact) mass is 326 g/mol. The first-order valence-corrected chi connectivity index (χ1v) is 7.27. The third-order valence-corrected chi connectivity index (χ3v) is 4.48. The fourth-order valence-corrected chi connectivity index (χ4v) is 2.97. The third kappa shape index (κ3) is 3.06. The van der Waals surface area contributed by atoms with Crippen LogP contribution in [-0.4, -0.2) is 5.78 Å². The molecule has 0 fully saturated rings. The van der Waals surface area contributed by atoms with Crippen LogP contribution in [0.25, 0.3) is 0 Å². The molecule has 0 bridgehead atoms. The van der Waals surface area contributed by atoms with E-state index in [4.69, 9.17) is 0 Å². The summed E-state index contributed by atoms with van der Waals surface area (Å²) in [5, 5.41) is 0. The summed E-state index contributed by atoms with van der Waals surface area (Å²) in [5.74, 6) is -0.337. The summed E-state index contributed by atoms with van der Waals surface area (Å²) >= 11 is 4.75. The number of halogens is 2. The summed E-state index contributed by atoms with van der Waals surface area (Å²) in [6, 6.07) is 8.40. The molecule has 0 amide bonds. The minimum absolute atomic E-state index is 0.0141. The van der Waals surface area contributed by atoms with Crippen LogP contribution in [0.15, 0.2) is 34.8 Å². The van der Waals surface area contributed by atoms with Crippen LogP contribution in [-0.2, 0) is 12.8 Å². The number of carbonyl (C=O) groups is 1. The lowest BCUT2D eigenvalue weighted by Crippen LogP contribution is -2.02. The molecule has 1 nitrogen and oxygen atoms in total. The molecule has 2 aromatic rings. The Hall–Kier alpha value is -1.00. The van der Waals surface area contributed by atoms with Crippen LogP contribution in [0.4, 0.5) is 4.39 Å². The summed E-state index contributed by atoms with van der Waals surface area (Å²) in [6.07, 6.45) is 1.36. The molecule has 0 unspecified atom stereocenters. The molecular formula is C14H12BrFOS. The van der Waals surface area contributed by atoms with Gasteiger partial charge in [0.05, 0.1) is 4.47 Å². The molecule has 0 aliphatic rings. The van der Waals surface area contributed by atoms with Crippen LogP contribution < -0.4 is 0 Å². The number of thiophene rings is 1. The van der Waals surface area contributed by atoms with Gasteiger partial charge in [0, 0.05) is 21.7 Å². The number of benzene rings is 1. The largest absolute Gasteiger partial charge is 0.294 e. The number of rotatable bonds is 4. The molecule has 0 aliphatic carbocycles. The molecule has 1 aromatic carbocycles. The highest BCUT2D eigenvalue weighted by Gasteiger charge is 2.10. The molecule has 0 saturated carbocycles.